The van der Waals surface area contributed by atoms with E-state index in [0.717, 1.165) is 0 Å². The Bertz CT molecular complexity index is 644. The third kappa shape index (κ3) is 2.56. The zero-order valence-corrected chi connectivity index (χ0v) is 11.3. The van der Waals surface area contributed by atoms with E-state index in [0.29, 0.717) is 11.4 Å². The average molecular weight is 274 g/mol. The number of rotatable bonds is 3. The van der Waals surface area contributed by atoms with Crippen molar-refractivity contribution in [2.24, 2.45) is 0 Å². The average Bonchev–Trinajstić information content (AvgIpc) is 2.47. The molecule has 5 heteroatoms. The van der Waals surface area contributed by atoms with Gasteiger partial charge in [0.2, 0.25) is 0 Å². The van der Waals surface area contributed by atoms with Gasteiger partial charge in [0, 0.05) is 12.7 Å². The van der Waals surface area contributed by atoms with Crippen LogP contribution in [0.5, 0.6) is 5.75 Å². The number of hydrogen-bond donors (Lipinski definition) is 1. The van der Waals surface area contributed by atoms with E-state index in [1.165, 1.54) is 37.3 Å². The minimum atomic E-state index is -0.468. The normalized spacial score (nSPS) is 10.2. The number of hydrogen-bond acceptors (Lipinski definition) is 3. The first-order chi connectivity index (χ1) is 9.54. The van der Waals surface area contributed by atoms with Crippen LogP contribution in [0, 0.1) is 5.82 Å². The number of benzene rings is 2. The van der Waals surface area contributed by atoms with E-state index < -0.39 is 11.7 Å². The summed E-state index contributed by atoms with van der Waals surface area (Å²) < 4.78 is 18.8. The number of halogens is 1. The molecule has 2 aromatic carbocycles. The molecular formula is C15H15FN2O2. The number of methoxy groups -OCH3 is 1. The fourth-order valence-corrected chi connectivity index (χ4v) is 1.86. The molecular weight excluding hydrogens is 259 g/mol. The minimum absolute atomic E-state index is 0.194. The Morgan fingerprint density at radius 3 is 2.60 bits per heavy atom. The Labute approximate surface area is 116 Å². The summed E-state index contributed by atoms with van der Waals surface area (Å²) in [6.07, 6.45) is 0. The molecule has 4 nitrogen and oxygen atoms in total. The Kier molecular flexibility index (Phi) is 3.89. The van der Waals surface area contributed by atoms with Crippen LogP contribution in [0.4, 0.5) is 15.8 Å². The number of para-hydroxylation sites is 1. The van der Waals surface area contributed by atoms with Crippen LogP contribution >= 0.6 is 0 Å². The van der Waals surface area contributed by atoms with Crippen molar-refractivity contribution in [1.82, 2.24) is 0 Å². The molecule has 104 valence electrons. The Morgan fingerprint density at radius 1 is 1.25 bits per heavy atom. The maximum Gasteiger partial charge on any atom is 0.260 e. The minimum Gasteiger partial charge on any atom is -0.497 e. The molecule has 0 bridgehead atoms. The van der Waals surface area contributed by atoms with E-state index >= 15 is 0 Å². The van der Waals surface area contributed by atoms with Gasteiger partial charge in [-0.15, -0.1) is 0 Å². The standard InChI is InChI=1S/C15H15FN2O2/c1-18(14-6-4-3-5-12(14)16)15(19)11-9-10(20-2)7-8-13(11)17/h3-9H,17H2,1-2H3. The van der Waals surface area contributed by atoms with Crippen LogP contribution in [0.3, 0.4) is 0 Å². The van der Waals surface area contributed by atoms with Gasteiger partial charge in [-0.1, -0.05) is 12.1 Å². The summed E-state index contributed by atoms with van der Waals surface area (Å²) in [7, 11) is 3.00. The predicted octanol–water partition coefficient (Wildman–Crippen LogP) is 2.69. The molecule has 0 atom stereocenters. The molecule has 0 aromatic heterocycles. The summed E-state index contributed by atoms with van der Waals surface area (Å²) in [6, 6.07) is 10.8. The molecule has 0 fully saturated rings. The van der Waals surface area contributed by atoms with Crippen LogP contribution in [0.2, 0.25) is 0 Å². The monoisotopic (exact) mass is 274 g/mol. The topological polar surface area (TPSA) is 55.6 Å². The molecule has 0 heterocycles. The Morgan fingerprint density at radius 2 is 1.95 bits per heavy atom. The van der Waals surface area contributed by atoms with Crippen molar-refractivity contribution in [2.75, 3.05) is 24.8 Å². The molecule has 0 saturated heterocycles. The number of ether oxygens (including phenoxy) is 1. The fraction of sp³-hybridized carbons (Fsp3) is 0.133. The number of amides is 1. The van der Waals surface area contributed by atoms with Crippen molar-refractivity contribution >= 4 is 17.3 Å². The van der Waals surface area contributed by atoms with Gasteiger partial charge in [-0.3, -0.25) is 4.79 Å². The molecule has 2 N–H and O–H groups in total. The van der Waals surface area contributed by atoms with E-state index in [9.17, 15) is 9.18 Å². The van der Waals surface area contributed by atoms with E-state index in [1.54, 1.807) is 24.3 Å². The van der Waals surface area contributed by atoms with Crippen molar-refractivity contribution < 1.29 is 13.9 Å². The highest BCUT2D eigenvalue weighted by Gasteiger charge is 2.19. The van der Waals surface area contributed by atoms with E-state index in [4.69, 9.17) is 10.5 Å². The Balaban J connectivity index is 2.39. The lowest BCUT2D eigenvalue weighted by molar-refractivity contribution is 0.0992. The van der Waals surface area contributed by atoms with Crippen LogP contribution in [0.25, 0.3) is 0 Å². The number of carbonyl (C=O) groups is 1. The number of nitrogens with two attached hydrogens (primary N) is 1. The molecule has 0 aliphatic rings. The van der Waals surface area contributed by atoms with Gasteiger partial charge in [0.15, 0.2) is 0 Å². The molecule has 1 amide bonds. The zero-order valence-electron chi connectivity index (χ0n) is 11.3. The van der Waals surface area contributed by atoms with Crippen molar-refractivity contribution in [3.05, 3.63) is 53.8 Å². The van der Waals surface area contributed by atoms with Crippen LogP contribution in [-0.4, -0.2) is 20.1 Å². The third-order valence-corrected chi connectivity index (χ3v) is 3.01. The molecule has 0 aliphatic carbocycles. The van der Waals surface area contributed by atoms with Gasteiger partial charge in [-0.25, -0.2) is 4.39 Å². The van der Waals surface area contributed by atoms with Gasteiger partial charge in [0.1, 0.15) is 11.6 Å². The van der Waals surface area contributed by atoms with Crippen LogP contribution < -0.4 is 15.4 Å². The number of carbonyl (C=O) groups excluding carboxylic acids is 1. The second-order valence-electron chi connectivity index (χ2n) is 4.27. The van der Waals surface area contributed by atoms with Gasteiger partial charge in [-0.05, 0) is 30.3 Å². The third-order valence-electron chi connectivity index (χ3n) is 3.01. The zero-order chi connectivity index (χ0) is 14.7. The second-order valence-corrected chi connectivity index (χ2v) is 4.27. The summed E-state index contributed by atoms with van der Waals surface area (Å²) in [5, 5.41) is 0. The molecule has 20 heavy (non-hydrogen) atoms. The SMILES string of the molecule is COc1ccc(N)c(C(=O)N(C)c2ccccc2F)c1. The van der Waals surface area contributed by atoms with Gasteiger partial charge in [-0.2, -0.15) is 0 Å². The maximum absolute atomic E-state index is 13.7. The Hall–Kier alpha value is -2.56. The lowest BCUT2D eigenvalue weighted by atomic mass is 10.1. The van der Waals surface area contributed by atoms with E-state index in [1.807, 2.05) is 0 Å². The first-order valence-electron chi connectivity index (χ1n) is 6.00. The highest BCUT2D eigenvalue weighted by molar-refractivity contribution is 6.09. The van der Waals surface area contributed by atoms with E-state index in [-0.39, 0.29) is 11.3 Å². The van der Waals surface area contributed by atoms with Gasteiger partial charge < -0.3 is 15.4 Å². The van der Waals surface area contributed by atoms with Crippen LogP contribution in [0.1, 0.15) is 10.4 Å². The maximum atomic E-state index is 13.7. The van der Waals surface area contributed by atoms with Crippen LogP contribution in [0.15, 0.2) is 42.5 Å². The van der Waals surface area contributed by atoms with Crippen LogP contribution in [-0.2, 0) is 0 Å². The molecule has 0 unspecified atom stereocenters. The summed E-state index contributed by atoms with van der Waals surface area (Å²) in [4.78, 5) is 13.6. The summed E-state index contributed by atoms with van der Waals surface area (Å²) in [5.41, 5.74) is 6.59. The second kappa shape index (κ2) is 5.61. The number of nitrogens with zero attached hydrogens (tertiary/aromatic N) is 1. The summed E-state index contributed by atoms with van der Waals surface area (Å²) in [6.45, 7) is 0. The van der Waals surface area contributed by atoms with Crippen molar-refractivity contribution in [3.63, 3.8) is 0 Å². The number of nitrogen functional groups attached to an aromatic ring is 1. The number of anilines is 2. The van der Waals surface area contributed by atoms with Gasteiger partial charge >= 0.3 is 0 Å². The lowest BCUT2D eigenvalue weighted by Crippen LogP contribution is -2.27. The summed E-state index contributed by atoms with van der Waals surface area (Å²) in [5.74, 6) is -0.346. The summed E-state index contributed by atoms with van der Waals surface area (Å²) >= 11 is 0. The van der Waals surface area contributed by atoms with Crippen molar-refractivity contribution in [1.29, 1.82) is 0 Å². The van der Waals surface area contributed by atoms with E-state index in [2.05, 4.69) is 0 Å². The highest BCUT2D eigenvalue weighted by atomic mass is 19.1. The molecule has 0 saturated carbocycles. The molecule has 2 aromatic rings. The predicted molar refractivity (Wildman–Crippen MR) is 76.5 cm³/mol. The van der Waals surface area contributed by atoms with Gasteiger partial charge in [0.25, 0.3) is 5.91 Å². The quantitative estimate of drug-likeness (QED) is 0.875. The first kappa shape index (κ1) is 13.9. The van der Waals surface area contributed by atoms with Crippen molar-refractivity contribution in [2.45, 2.75) is 0 Å². The first-order valence-corrected chi connectivity index (χ1v) is 6.00. The van der Waals surface area contributed by atoms with Crippen molar-refractivity contribution in [3.8, 4) is 5.75 Å². The molecule has 0 radical (unpaired) electrons. The fourth-order valence-electron chi connectivity index (χ4n) is 1.86. The smallest absolute Gasteiger partial charge is 0.260 e. The largest absolute Gasteiger partial charge is 0.497 e. The lowest BCUT2D eigenvalue weighted by Gasteiger charge is -2.19. The van der Waals surface area contributed by atoms with Gasteiger partial charge in [0.05, 0.1) is 18.4 Å². The molecule has 0 spiro atoms. The molecule has 0 aliphatic heterocycles. The highest BCUT2D eigenvalue weighted by Crippen LogP contribution is 2.24. The molecule has 2 rings (SSSR count).